The lowest BCUT2D eigenvalue weighted by atomic mass is 9.89. The largest absolute Gasteiger partial charge is 0.508 e. The maximum absolute atomic E-state index is 9.74. The molecule has 0 aliphatic carbocycles. The minimum Gasteiger partial charge on any atom is -0.508 e. The SMILES string of the molecule is Nc1cc(C(CCNCc2ccccc2)c2cnn(Cc3cccc(O)c3)c2)c(N)c(N)n1. The summed E-state index contributed by atoms with van der Waals surface area (Å²) >= 11 is 0. The molecular weight excluding hydrogens is 414 g/mol. The summed E-state index contributed by atoms with van der Waals surface area (Å²) in [4.78, 5) is 4.09. The first kappa shape index (κ1) is 22.2. The topological polar surface area (TPSA) is 141 Å². The number of nitrogens with two attached hydrogens (primary N) is 3. The van der Waals surface area contributed by atoms with Gasteiger partial charge in [-0.25, -0.2) is 4.98 Å². The van der Waals surface area contributed by atoms with Crippen LogP contribution in [0.5, 0.6) is 5.75 Å². The van der Waals surface area contributed by atoms with Gasteiger partial charge in [-0.2, -0.15) is 5.10 Å². The van der Waals surface area contributed by atoms with Gasteiger partial charge >= 0.3 is 0 Å². The van der Waals surface area contributed by atoms with Crippen molar-refractivity contribution in [2.24, 2.45) is 0 Å². The van der Waals surface area contributed by atoms with Crippen LogP contribution in [0.25, 0.3) is 0 Å². The molecule has 0 aliphatic heterocycles. The van der Waals surface area contributed by atoms with E-state index in [0.717, 1.165) is 36.2 Å². The van der Waals surface area contributed by atoms with E-state index in [4.69, 9.17) is 17.2 Å². The van der Waals surface area contributed by atoms with Crippen LogP contribution in [-0.4, -0.2) is 26.4 Å². The van der Waals surface area contributed by atoms with Crippen LogP contribution in [0.2, 0.25) is 0 Å². The molecule has 2 aromatic heterocycles. The van der Waals surface area contributed by atoms with Gasteiger partial charge in [0.15, 0.2) is 0 Å². The summed E-state index contributed by atoms with van der Waals surface area (Å²) in [5.41, 5.74) is 22.8. The number of hydrogen-bond acceptors (Lipinski definition) is 7. The lowest BCUT2D eigenvalue weighted by molar-refractivity contribution is 0.474. The van der Waals surface area contributed by atoms with Crippen molar-refractivity contribution >= 4 is 17.3 Å². The third-order valence-corrected chi connectivity index (χ3v) is 5.61. The average Bonchev–Trinajstić information content (AvgIpc) is 3.25. The van der Waals surface area contributed by atoms with Gasteiger partial charge in [0, 0.05) is 18.7 Å². The molecule has 0 fully saturated rings. The van der Waals surface area contributed by atoms with Crippen molar-refractivity contribution in [2.45, 2.75) is 25.4 Å². The molecular formula is C25H29N7O. The highest BCUT2D eigenvalue weighted by molar-refractivity contribution is 5.68. The van der Waals surface area contributed by atoms with Crippen molar-refractivity contribution in [3.05, 3.63) is 95.3 Å². The Morgan fingerprint density at radius 3 is 2.55 bits per heavy atom. The van der Waals surface area contributed by atoms with Crippen molar-refractivity contribution in [1.82, 2.24) is 20.1 Å². The first-order valence-corrected chi connectivity index (χ1v) is 10.9. The number of anilines is 3. The second-order valence-corrected chi connectivity index (χ2v) is 8.08. The van der Waals surface area contributed by atoms with E-state index in [1.165, 1.54) is 5.56 Å². The first-order chi connectivity index (χ1) is 16.0. The number of hydrogen-bond donors (Lipinski definition) is 5. The van der Waals surface area contributed by atoms with Gasteiger partial charge in [-0.05, 0) is 53.4 Å². The highest BCUT2D eigenvalue weighted by Crippen LogP contribution is 2.34. The molecule has 8 heteroatoms. The van der Waals surface area contributed by atoms with Crippen LogP contribution in [0.3, 0.4) is 0 Å². The lowest BCUT2D eigenvalue weighted by Crippen LogP contribution is -2.19. The standard InChI is InChI=1S/C25H29N7O/c26-23-12-22(24(27)25(28)31-23)21(9-10-29-13-17-5-2-1-3-6-17)19-14-30-32(16-19)15-18-7-4-8-20(33)11-18/h1-8,11-12,14,16,21,29,33H,9-10,13,15,27H2,(H4,26,28,31). The van der Waals surface area contributed by atoms with E-state index in [2.05, 4.69) is 27.5 Å². The smallest absolute Gasteiger partial charge is 0.149 e. The van der Waals surface area contributed by atoms with Gasteiger partial charge in [-0.3, -0.25) is 4.68 Å². The van der Waals surface area contributed by atoms with Crippen molar-refractivity contribution in [3.63, 3.8) is 0 Å². The number of nitrogens with one attached hydrogen (secondary N) is 1. The average molecular weight is 444 g/mol. The second kappa shape index (κ2) is 10.1. The Bertz CT molecular complexity index is 1210. The maximum Gasteiger partial charge on any atom is 0.149 e. The molecule has 33 heavy (non-hydrogen) atoms. The van der Waals surface area contributed by atoms with Gasteiger partial charge in [0.1, 0.15) is 17.4 Å². The van der Waals surface area contributed by atoms with Crippen LogP contribution in [0, 0.1) is 0 Å². The summed E-state index contributed by atoms with van der Waals surface area (Å²) < 4.78 is 1.85. The zero-order valence-corrected chi connectivity index (χ0v) is 18.4. The zero-order valence-electron chi connectivity index (χ0n) is 18.4. The highest BCUT2D eigenvalue weighted by Gasteiger charge is 2.21. The van der Waals surface area contributed by atoms with Crippen LogP contribution >= 0.6 is 0 Å². The van der Waals surface area contributed by atoms with Gasteiger partial charge < -0.3 is 27.6 Å². The van der Waals surface area contributed by atoms with Crippen molar-refractivity contribution in [2.75, 3.05) is 23.7 Å². The number of nitrogens with zero attached hydrogens (tertiary/aromatic N) is 3. The van der Waals surface area contributed by atoms with E-state index in [-0.39, 0.29) is 17.5 Å². The molecule has 0 spiro atoms. The van der Waals surface area contributed by atoms with E-state index >= 15 is 0 Å². The summed E-state index contributed by atoms with van der Waals surface area (Å²) in [6.07, 6.45) is 4.62. The predicted molar refractivity (Wildman–Crippen MR) is 132 cm³/mol. The van der Waals surface area contributed by atoms with E-state index in [9.17, 15) is 5.11 Å². The summed E-state index contributed by atoms with van der Waals surface area (Å²) in [7, 11) is 0. The maximum atomic E-state index is 9.74. The van der Waals surface area contributed by atoms with E-state index in [0.29, 0.717) is 18.1 Å². The summed E-state index contributed by atoms with van der Waals surface area (Å²) in [5, 5.41) is 17.8. The first-order valence-electron chi connectivity index (χ1n) is 10.9. The number of phenols is 1. The molecule has 0 bridgehead atoms. The number of benzene rings is 2. The van der Waals surface area contributed by atoms with E-state index < -0.39 is 0 Å². The predicted octanol–water partition coefficient (Wildman–Crippen LogP) is 3.09. The van der Waals surface area contributed by atoms with E-state index in [1.807, 2.05) is 47.4 Å². The van der Waals surface area contributed by atoms with Crippen LogP contribution in [0.15, 0.2) is 73.1 Å². The second-order valence-electron chi connectivity index (χ2n) is 8.08. The highest BCUT2D eigenvalue weighted by atomic mass is 16.3. The van der Waals surface area contributed by atoms with E-state index in [1.54, 1.807) is 18.2 Å². The summed E-state index contributed by atoms with van der Waals surface area (Å²) in [5.74, 6) is 0.752. The molecule has 1 unspecified atom stereocenters. The molecule has 2 heterocycles. The monoisotopic (exact) mass is 443 g/mol. The number of nitrogen functional groups attached to an aromatic ring is 3. The molecule has 0 radical (unpaired) electrons. The third-order valence-electron chi connectivity index (χ3n) is 5.61. The van der Waals surface area contributed by atoms with Crippen molar-refractivity contribution in [1.29, 1.82) is 0 Å². The van der Waals surface area contributed by atoms with Crippen molar-refractivity contribution in [3.8, 4) is 5.75 Å². The number of rotatable bonds is 9. The van der Waals surface area contributed by atoms with Gasteiger partial charge in [-0.15, -0.1) is 0 Å². The summed E-state index contributed by atoms with van der Waals surface area (Å²) in [6.45, 7) is 2.09. The fourth-order valence-electron chi connectivity index (χ4n) is 3.97. The van der Waals surface area contributed by atoms with Crippen LogP contribution in [0.1, 0.15) is 34.6 Å². The molecule has 1 atom stereocenters. The Morgan fingerprint density at radius 2 is 1.76 bits per heavy atom. The van der Waals surface area contributed by atoms with Crippen LogP contribution in [0.4, 0.5) is 17.3 Å². The fourth-order valence-corrected chi connectivity index (χ4v) is 3.97. The van der Waals surface area contributed by atoms with Crippen LogP contribution in [-0.2, 0) is 13.1 Å². The molecule has 0 saturated carbocycles. The Hall–Kier alpha value is -4.04. The number of aromatic nitrogens is 3. The Labute approximate surface area is 193 Å². The van der Waals surface area contributed by atoms with Gasteiger partial charge in [0.25, 0.3) is 0 Å². The molecule has 170 valence electrons. The number of aromatic hydroxyl groups is 1. The molecule has 0 saturated heterocycles. The molecule has 0 aliphatic rings. The van der Waals surface area contributed by atoms with Gasteiger partial charge in [-0.1, -0.05) is 42.5 Å². The zero-order chi connectivity index (χ0) is 23.2. The minimum atomic E-state index is -0.0567. The lowest BCUT2D eigenvalue weighted by Gasteiger charge is -2.20. The fraction of sp³-hybridized carbons (Fsp3) is 0.200. The Morgan fingerprint density at radius 1 is 0.970 bits per heavy atom. The quantitative estimate of drug-likeness (QED) is 0.250. The minimum absolute atomic E-state index is 0.0567. The number of phenolic OH excluding ortho intramolecular Hbond substituents is 1. The third kappa shape index (κ3) is 5.61. The molecule has 8 nitrogen and oxygen atoms in total. The van der Waals surface area contributed by atoms with Gasteiger partial charge in [0.2, 0.25) is 0 Å². The normalized spacial score (nSPS) is 12.0. The molecule has 4 aromatic rings. The molecule has 0 amide bonds. The Balaban J connectivity index is 1.54. The van der Waals surface area contributed by atoms with Gasteiger partial charge in [0.05, 0.1) is 18.4 Å². The molecule has 2 aromatic carbocycles. The summed E-state index contributed by atoms with van der Waals surface area (Å²) in [6, 6.07) is 19.2. The number of pyridine rings is 1. The Kier molecular flexibility index (Phi) is 6.75. The molecule has 4 rings (SSSR count). The van der Waals surface area contributed by atoms with Crippen molar-refractivity contribution < 1.29 is 5.11 Å². The van der Waals surface area contributed by atoms with Crippen LogP contribution < -0.4 is 22.5 Å². The molecule has 8 N–H and O–H groups in total.